The molecule has 1 saturated carbocycles. The Morgan fingerprint density at radius 2 is 2.00 bits per heavy atom. The molecule has 0 unspecified atom stereocenters. The lowest BCUT2D eigenvalue weighted by molar-refractivity contribution is 0.357. The average molecular weight is 143 g/mol. The van der Waals surface area contributed by atoms with E-state index in [-0.39, 0.29) is 0 Å². The van der Waals surface area contributed by atoms with Gasteiger partial charge in [0.15, 0.2) is 0 Å². The molecule has 54 valence electrons. The van der Waals surface area contributed by atoms with Gasteiger partial charge in [-0.05, 0) is 19.4 Å². The van der Waals surface area contributed by atoms with Crippen LogP contribution in [-0.4, -0.2) is 27.6 Å². The van der Waals surface area contributed by atoms with E-state index in [9.17, 15) is 0 Å². The van der Waals surface area contributed by atoms with Crippen molar-refractivity contribution in [3.05, 3.63) is 0 Å². The lowest BCUT2D eigenvalue weighted by Crippen LogP contribution is -2.30. The van der Waals surface area contributed by atoms with E-state index < -0.39 is 0 Å². The first kappa shape index (κ1) is 7.29. The van der Waals surface area contributed by atoms with Gasteiger partial charge in [0.05, 0.1) is 10.4 Å². The zero-order valence-electron chi connectivity index (χ0n) is 6.56. The van der Waals surface area contributed by atoms with Crippen molar-refractivity contribution in [3.63, 3.8) is 0 Å². The Bertz CT molecular complexity index is 79.0. The monoisotopic (exact) mass is 143 g/mol. The molecule has 0 N–H and O–H groups in total. The molecule has 2 heteroatoms. The standard InChI is InChI=1S/C7H17NSi/c1-2-8(9)7-5-3-4-6-7/h7H,2-6H2,1,9H3. The first-order valence-electron chi connectivity index (χ1n) is 4.05. The van der Waals surface area contributed by atoms with Crippen LogP contribution in [0, 0.1) is 0 Å². The van der Waals surface area contributed by atoms with Gasteiger partial charge in [0.25, 0.3) is 0 Å². The molecule has 1 nitrogen and oxygen atoms in total. The van der Waals surface area contributed by atoms with Crippen molar-refractivity contribution in [2.24, 2.45) is 0 Å². The second kappa shape index (κ2) is 3.37. The Kier molecular flexibility index (Phi) is 2.73. The summed E-state index contributed by atoms with van der Waals surface area (Å²) in [5.41, 5.74) is 0. The summed E-state index contributed by atoms with van der Waals surface area (Å²) in [6.45, 7) is 3.54. The molecule has 0 bridgehead atoms. The molecule has 0 aromatic carbocycles. The van der Waals surface area contributed by atoms with Crippen LogP contribution in [0.4, 0.5) is 0 Å². The summed E-state index contributed by atoms with van der Waals surface area (Å²) in [5, 5.41) is 0. The van der Waals surface area contributed by atoms with E-state index in [1.165, 1.54) is 42.6 Å². The van der Waals surface area contributed by atoms with Crippen molar-refractivity contribution >= 4 is 10.4 Å². The highest BCUT2D eigenvalue weighted by Gasteiger charge is 2.16. The van der Waals surface area contributed by atoms with Gasteiger partial charge in [-0.25, -0.2) is 0 Å². The van der Waals surface area contributed by atoms with E-state index in [1.807, 2.05) is 0 Å². The molecule has 0 atom stereocenters. The number of hydrogen-bond acceptors (Lipinski definition) is 1. The molecule has 9 heavy (non-hydrogen) atoms. The minimum absolute atomic E-state index is 0.974. The van der Waals surface area contributed by atoms with Crippen LogP contribution in [0.15, 0.2) is 0 Å². The molecule has 1 aliphatic carbocycles. The van der Waals surface area contributed by atoms with E-state index in [2.05, 4.69) is 11.5 Å². The van der Waals surface area contributed by atoms with Gasteiger partial charge >= 0.3 is 0 Å². The van der Waals surface area contributed by atoms with Gasteiger partial charge < -0.3 is 4.57 Å². The summed E-state index contributed by atoms with van der Waals surface area (Å²) in [4.78, 5) is 0. The molecule has 0 aromatic heterocycles. The van der Waals surface area contributed by atoms with Crippen molar-refractivity contribution in [1.29, 1.82) is 0 Å². The summed E-state index contributed by atoms with van der Waals surface area (Å²) < 4.78 is 2.60. The predicted octanol–water partition coefficient (Wildman–Crippen LogP) is 0.531. The molecule has 1 fully saturated rings. The fourth-order valence-electron chi connectivity index (χ4n) is 1.60. The van der Waals surface area contributed by atoms with Gasteiger partial charge in [0.2, 0.25) is 0 Å². The van der Waals surface area contributed by atoms with Crippen molar-refractivity contribution in [3.8, 4) is 0 Å². The van der Waals surface area contributed by atoms with Gasteiger partial charge in [-0.1, -0.05) is 19.8 Å². The highest BCUT2D eigenvalue weighted by molar-refractivity contribution is 6.04. The maximum absolute atomic E-state index is 2.60. The van der Waals surface area contributed by atoms with Crippen LogP contribution in [0.1, 0.15) is 32.6 Å². The van der Waals surface area contributed by atoms with E-state index in [1.54, 1.807) is 0 Å². The topological polar surface area (TPSA) is 3.24 Å². The third kappa shape index (κ3) is 1.80. The maximum Gasteiger partial charge on any atom is 0.0787 e. The number of hydrogen-bond donors (Lipinski definition) is 0. The highest BCUT2D eigenvalue weighted by atomic mass is 28.2. The first-order valence-corrected chi connectivity index (χ1v) is 4.94. The van der Waals surface area contributed by atoms with Crippen molar-refractivity contribution in [2.75, 3.05) is 6.54 Å². The minimum Gasteiger partial charge on any atom is -0.330 e. The normalized spacial score (nSPS) is 22.0. The Morgan fingerprint density at radius 3 is 2.44 bits per heavy atom. The quantitative estimate of drug-likeness (QED) is 0.510. The number of nitrogens with zero attached hydrogens (tertiary/aromatic N) is 1. The molecule has 0 saturated heterocycles. The smallest absolute Gasteiger partial charge is 0.0787 e. The van der Waals surface area contributed by atoms with Crippen molar-refractivity contribution in [1.82, 2.24) is 4.57 Å². The van der Waals surface area contributed by atoms with Crippen LogP contribution in [0.5, 0.6) is 0 Å². The molecule has 0 radical (unpaired) electrons. The zero-order valence-corrected chi connectivity index (χ0v) is 8.56. The SMILES string of the molecule is CCN([SiH3])C1CCCC1. The third-order valence-corrected chi connectivity index (χ3v) is 3.81. The molecule has 1 aliphatic rings. The van der Waals surface area contributed by atoms with E-state index >= 15 is 0 Å². The van der Waals surface area contributed by atoms with Crippen LogP contribution in [0.3, 0.4) is 0 Å². The molecular weight excluding hydrogens is 126 g/mol. The lowest BCUT2D eigenvalue weighted by Gasteiger charge is -2.21. The zero-order chi connectivity index (χ0) is 6.69. The fourth-order valence-corrected chi connectivity index (χ4v) is 2.12. The minimum atomic E-state index is 0.974. The van der Waals surface area contributed by atoms with Crippen LogP contribution in [0.25, 0.3) is 0 Å². The van der Waals surface area contributed by atoms with Crippen molar-refractivity contribution in [2.45, 2.75) is 38.6 Å². The molecule has 0 heterocycles. The van der Waals surface area contributed by atoms with Gasteiger partial charge in [-0.3, -0.25) is 0 Å². The Morgan fingerprint density at radius 1 is 1.44 bits per heavy atom. The average Bonchev–Trinajstić information content (AvgIpc) is 2.37. The maximum atomic E-state index is 2.60. The molecule has 0 aliphatic heterocycles. The molecule has 0 aromatic rings. The summed E-state index contributed by atoms with van der Waals surface area (Å²) in [6.07, 6.45) is 5.89. The molecule has 0 spiro atoms. The second-order valence-electron chi connectivity index (χ2n) is 3.01. The first-order chi connectivity index (χ1) is 4.34. The largest absolute Gasteiger partial charge is 0.330 e. The molecule has 1 rings (SSSR count). The Hall–Kier alpha value is 0.177. The van der Waals surface area contributed by atoms with E-state index in [4.69, 9.17) is 0 Å². The fraction of sp³-hybridized carbons (Fsp3) is 1.00. The Balaban J connectivity index is 2.24. The van der Waals surface area contributed by atoms with Crippen LogP contribution < -0.4 is 0 Å². The summed E-state index contributed by atoms with van der Waals surface area (Å²) in [5.74, 6) is 0. The Labute approximate surface area is 60.9 Å². The summed E-state index contributed by atoms with van der Waals surface area (Å²) in [7, 11) is 1.27. The highest BCUT2D eigenvalue weighted by Crippen LogP contribution is 2.21. The molecular formula is C7H17NSi. The third-order valence-electron chi connectivity index (χ3n) is 2.45. The number of rotatable bonds is 2. The lowest BCUT2D eigenvalue weighted by atomic mass is 10.2. The van der Waals surface area contributed by atoms with Crippen LogP contribution >= 0.6 is 0 Å². The van der Waals surface area contributed by atoms with E-state index in [0.717, 1.165) is 6.04 Å². The molecule has 0 amide bonds. The van der Waals surface area contributed by atoms with Gasteiger partial charge in [0, 0.05) is 6.04 Å². The van der Waals surface area contributed by atoms with Crippen LogP contribution in [-0.2, 0) is 0 Å². The second-order valence-corrected chi connectivity index (χ2v) is 4.16. The summed E-state index contributed by atoms with van der Waals surface area (Å²) >= 11 is 0. The predicted molar refractivity (Wildman–Crippen MR) is 44.6 cm³/mol. The van der Waals surface area contributed by atoms with Crippen LogP contribution in [0.2, 0.25) is 0 Å². The van der Waals surface area contributed by atoms with Gasteiger partial charge in [0.1, 0.15) is 0 Å². The van der Waals surface area contributed by atoms with E-state index in [0.29, 0.717) is 0 Å². The van der Waals surface area contributed by atoms with Crippen molar-refractivity contribution < 1.29 is 0 Å². The van der Waals surface area contributed by atoms with Gasteiger partial charge in [-0.15, -0.1) is 0 Å². The van der Waals surface area contributed by atoms with Gasteiger partial charge in [-0.2, -0.15) is 0 Å². The summed E-state index contributed by atoms with van der Waals surface area (Å²) in [6, 6.07) is 0.974.